The number of amides is 1. The van der Waals surface area contributed by atoms with Gasteiger partial charge in [-0.2, -0.15) is 0 Å². The number of piperidine rings is 1. The van der Waals surface area contributed by atoms with Gasteiger partial charge in [0, 0.05) is 18.6 Å². The van der Waals surface area contributed by atoms with Crippen LogP contribution in [0.2, 0.25) is 0 Å². The third-order valence-corrected chi connectivity index (χ3v) is 5.03. The first kappa shape index (κ1) is 13.9. The van der Waals surface area contributed by atoms with Gasteiger partial charge >= 0.3 is 0 Å². The molecule has 3 nitrogen and oxygen atoms in total. The van der Waals surface area contributed by atoms with Crippen LogP contribution in [0.15, 0.2) is 0 Å². The molecule has 1 aliphatic heterocycles. The normalized spacial score (nSPS) is 41.8. The van der Waals surface area contributed by atoms with E-state index in [1.807, 2.05) is 0 Å². The number of rotatable bonds is 1. The zero-order valence-electron chi connectivity index (χ0n) is 12.1. The summed E-state index contributed by atoms with van der Waals surface area (Å²) in [5.41, 5.74) is 6.26. The van der Waals surface area contributed by atoms with E-state index in [4.69, 9.17) is 5.73 Å². The number of nitrogens with zero attached hydrogens (tertiary/aromatic N) is 1. The minimum atomic E-state index is 0.0674. The third-order valence-electron chi connectivity index (χ3n) is 5.03. The van der Waals surface area contributed by atoms with Gasteiger partial charge in [-0.25, -0.2) is 0 Å². The van der Waals surface area contributed by atoms with Crippen molar-refractivity contribution >= 4 is 5.91 Å². The molecule has 1 saturated carbocycles. The summed E-state index contributed by atoms with van der Waals surface area (Å²) < 4.78 is 0. The molecule has 5 unspecified atom stereocenters. The van der Waals surface area contributed by atoms with Gasteiger partial charge in [0.05, 0.1) is 5.92 Å². The van der Waals surface area contributed by atoms with Crippen molar-refractivity contribution in [2.45, 2.75) is 65.0 Å². The van der Waals surface area contributed by atoms with Crippen molar-refractivity contribution in [2.24, 2.45) is 23.5 Å². The Morgan fingerprint density at radius 3 is 2.56 bits per heavy atom. The number of nitrogens with two attached hydrogens (primary N) is 1. The minimum Gasteiger partial charge on any atom is -0.340 e. The monoisotopic (exact) mass is 252 g/mol. The van der Waals surface area contributed by atoms with Gasteiger partial charge in [0.1, 0.15) is 0 Å². The quantitative estimate of drug-likeness (QED) is 0.779. The predicted molar refractivity (Wildman–Crippen MR) is 74.1 cm³/mol. The van der Waals surface area contributed by atoms with Crippen molar-refractivity contribution < 1.29 is 4.79 Å². The third kappa shape index (κ3) is 2.71. The molecule has 2 fully saturated rings. The van der Waals surface area contributed by atoms with Gasteiger partial charge in [0.25, 0.3) is 0 Å². The van der Waals surface area contributed by atoms with Crippen LogP contribution in [-0.2, 0) is 4.79 Å². The summed E-state index contributed by atoms with van der Waals surface area (Å²) in [6, 6.07) is 0.462. The van der Waals surface area contributed by atoms with Crippen molar-refractivity contribution in [1.29, 1.82) is 0 Å². The highest BCUT2D eigenvalue weighted by Crippen LogP contribution is 2.31. The van der Waals surface area contributed by atoms with Crippen LogP contribution < -0.4 is 5.73 Å². The second-order valence-electron chi connectivity index (χ2n) is 6.60. The van der Waals surface area contributed by atoms with Crippen LogP contribution in [-0.4, -0.2) is 29.4 Å². The Hall–Kier alpha value is -0.570. The maximum absolute atomic E-state index is 12.7. The van der Waals surface area contributed by atoms with E-state index >= 15 is 0 Å². The van der Waals surface area contributed by atoms with E-state index in [9.17, 15) is 4.79 Å². The summed E-state index contributed by atoms with van der Waals surface area (Å²) in [7, 11) is 0. The maximum Gasteiger partial charge on any atom is 0.227 e. The van der Waals surface area contributed by atoms with Crippen LogP contribution in [0.1, 0.15) is 52.9 Å². The largest absolute Gasteiger partial charge is 0.340 e. The molecule has 1 amide bonds. The lowest BCUT2D eigenvalue weighted by molar-refractivity contribution is -0.141. The van der Waals surface area contributed by atoms with E-state index in [1.54, 1.807) is 0 Å². The molecule has 0 radical (unpaired) electrons. The molecule has 0 aromatic rings. The van der Waals surface area contributed by atoms with Gasteiger partial charge in [0.15, 0.2) is 0 Å². The second kappa shape index (κ2) is 5.60. The van der Waals surface area contributed by atoms with Crippen molar-refractivity contribution in [1.82, 2.24) is 4.90 Å². The molecule has 0 aromatic carbocycles. The fourth-order valence-electron chi connectivity index (χ4n) is 3.68. The minimum absolute atomic E-state index is 0.0674. The highest BCUT2D eigenvalue weighted by molar-refractivity contribution is 5.80. The molecular formula is C15H28N2O. The zero-order valence-corrected chi connectivity index (χ0v) is 12.1. The van der Waals surface area contributed by atoms with Crippen LogP contribution in [0.25, 0.3) is 0 Å². The van der Waals surface area contributed by atoms with Crippen LogP contribution in [0.3, 0.4) is 0 Å². The molecule has 0 spiro atoms. The van der Waals surface area contributed by atoms with Crippen LogP contribution in [0, 0.1) is 17.8 Å². The molecule has 0 aromatic heterocycles. The molecule has 1 saturated heterocycles. The van der Waals surface area contributed by atoms with Gasteiger partial charge in [0.2, 0.25) is 5.91 Å². The Balaban J connectivity index is 2.02. The van der Waals surface area contributed by atoms with Gasteiger partial charge in [-0.1, -0.05) is 20.3 Å². The first-order chi connectivity index (χ1) is 8.50. The molecular weight excluding hydrogens is 224 g/mol. The smallest absolute Gasteiger partial charge is 0.227 e. The highest BCUT2D eigenvalue weighted by Gasteiger charge is 2.37. The topological polar surface area (TPSA) is 46.3 Å². The second-order valence-corrected chi connectivity index (χ2v) is 6.60. The Labute approximate surface area is 111 Å². The Bertz CT molecular complexity index is 305. The molecule has 2 aliphatic rings. The van der Waals surface area contributed by atoms with Gasteiger partial charge < -0.3 is 10.6 Å². The first-order valence-corrected chi connectivity index (χ1v) is 7.56. The first-order valence-electron chi connectivity index (χ1n) is 7.56. The molecule has 5 atom stereocenters. The standard InChI is InChI=1S/C15H28N2O/c1-10-7-8-17(12(3)9-10)15(18)13-6-4-5-11(2)14(13)16/h10-14H,4-9,16H2,1-3H3. The summed E-state index contributed by atoms with van der Waals surface area (Å²) in [6.45, 7) is 7.59. The molecule has 3 heteroatoms. The lowest BCUT2D eigenvalue weighted by atomic mass is 9.77. The van der Waals surface area contributed by atoms with E-state index in [-0.39, 0.29) is 12.0 Å². The number of carbonyl (C=O) groups excluding carboxylic acids is 1. The van der Waals surface area contributed by atoms with Crippen LogP contribution in [0.5, 0.6) is 0 Å². The summed E-state index contributed by atoms with van der Waals surface area (Å²) in [4.78, 5) is 14.8. The van der Waals surface area contributed by atoms with Gasteiger partial charge in [-0.3, -0.25) is 4.79 Å². The summed E-state index contributed by atoms with van der Waals surface area (Å²) in [5, 5.41) is 0. The van der Waals surface area contributed by atoms with Gasteiger partial charge in [-0.15, -0.1) is 0 Å². The summed E-state index contributed by atoms with van der Waals surface area (Å²) in [5.74, 6) is 1.65. The van der Waals surface area contributed by atoms with Crippen molar-refractivity contribution in [3.8, 4) is 0 Å². The summed E-state index contributed by atoms with van der Waals surface area (Å²) in [6.07, 6.45) is 5.61. The van der Waals surface area contributed by atoms with E-state index in [2.05, 4.69) is 25.7 Å². The Morgan fingerprint density at radius 1 is 1.17 bits per heavy atom. The summed E-state index contributed by atoms with van der Waals surface area (Å²) >= 11 is 0. The molecule has 1 aliphatic carbocycles. The zero-order chi connectivity index (χ0) is 13.3. The van der Waals surface area contributed by atoms with Crippen LogP contribution in [0.4, 0.5) is 0 Å². The van der Waals surface area contributed by atoms with E-state index in [0.29, 0.717) is 17.9 Å². The van der Waals surface area contributed by atoms with E-state index < -0.39 is 0 Å². The van der Waals surface area contributed by atoms with E-state index in [1.165, 1.54) is 6.42 Å². The average Bonchev–Trinajstić information content (AvgIpc) is 2.32. The fraction of sp³-hybridized carbons (Fsp3) is 0.933. The number of carbonyl (C=O) groups is 1. The maximum atomic E-state index is 12.7. The Kier molecular flexibility index (Phi) is 4.31. The van der Waals surface area contributed by atoms with Crippen molar-refractivity contribution in [2.75, 3.05) is 6.54 Å². The Morgan fingerprint density at radius 2 is 1.89 bits per heavy atom. The number of hydrogen-bond acceptors (Lipinski definition) is 2. The SMILES string of the molecule is CC1CCN(C(=O)C2CCCC(C)C2N)C(C)C1. The number of hydrogen-bond donors (Lipinski definition) is 1. The van der Waals surface area contributed by atoms with E-state index in [0.717, 1.165) is 38.1 Å². The lowest BCUT2D eigenvalue weighted by Crippen LogP contribution is -2.53. The molecule has 1 heterocycles. The predicted octanol–water partition coefficient (Wildman–Crippen LogP) is 2.40. The molecule has 2 N–H and O–H groups in total. The molecule has 0 bridgehead atoms. The van der Waals surface area contributed by atoms with Crippen molar-refractivity contribution in [3.05, 3.63) is 0 Å². The van der Waals surface area contributed by atoms with Crippen molar-refractivity contribution in [3.63, 3.8) is 0 Å². The highest BCUT2D eigenvalue weighted by atomic mass is 16.2. The van der Waals surface area contributed by atoms with Crippen LogP contribution >= 0.6 is 0 Å². The van der Waals surface area contributed by atoms with Gasteiger partial charge in [-0.05, 0) is 44.4 Å². The lowest BCUT2D eigenvalue weighted by Gasteiger charge is -2.41. The molecule has 2 rings (SSSR count). The average molecular weight is 252 g/mol. The molecule has 18 heavy (non-hydrogen) atoms. The number of likely N-dealkylation sites (tertiary alicyclic amines) is 1. The molecule has 104 valence electrons. The fourth-order valence-corrected chi connectivity index (χ4v) is 3.68.